The van der Waals surface area contributed by atoms with Crippen LogP contribution < -0.4 is 10.0 Å². The maximum Gasteiger partial charge on any atom is 0.279 e. The van der Waals surface area contributed by atoms with E-state index >= 15 is 0 Å². The van der Waals surface area contributed by atoms with Gasteiger partial charge in [0, 0.05) is 6.04 Å². The standard InChI is InChI=1S/C17H18N4O2S/c1-13(14-7-3-2-4-8-14)20-15-9-5-6-10-16(15)21-24(22,23)17-11-18-12-19-17/h2-13,20-21H,1H3,(H,18,19). The van der Waals surface area contributed by atoms with Gasteiger partial charge in [-0.1, -0.05) is 42.5 Å². The molecule has 7 heteroatoms. The Morgan fingerprint density at radius 2 is 1.67 bits per heavy atom. The number of hydrogen-bond acceptors (Lipinski definition) is 4. The van der Waals surface area contributed by atoms with Crippen LogP contribution in [0.2, 0.25) is 0 Å². The van der Waals surface area contributed by atoms with E-state index < -0.39 is 10.0 Å². The van der Waals surface area contributed by atoms with Crippen LogP contribution in [-0.2, 0) is 10.0 Å². The van der Waals surface area contributed by atoms with Crippen molar-refractivity contribution < 1.29 is 8.42 Å². The second kappa shape index (κ2) is 6.76. The van der Waals surface area contributed by atoms with E-state index in [0.717, 1.165) is 5.56 Å². The van der Waals surface area contributed by atoms with Crippen molar-refractivity contribution in [2.75, 3.05) is 10.0 Å². The van der Waals surface area contributed by atoms with E-state index in [9.17, 15) is 8.42 Å². The molecule has 124 valence electrons. The molecule has 0 radical (unpaired) electrons. The molecule has 0 bridgehead atoms. The van der Waals surface area contributed by atoms with Gasteiger partial charge in [0.25, 0.3) is 10.0 Å². The summed E-state index contributed by atoms with van der Waals surface area (Å²) >= 11 is 0. The van der Waals surface area contributed by atoms with Crippen LogP contribution in [0.5, 0.6) is 0 Å². The molecule has 0 saturated heterocycles. The maximum absolute atomic E-state index is 12.4. The monoisotopic (exact) mass is 342 g/mol. The zero-order valence-electron chi connectivity index (χ0n) is 13.1. The van der Waals surface area contributed by atoms with Crippen molar-refractivity contribution in [2.24, 2.45) is 0 Å². The lowest BCUT2D eigenvalue weighted by atomic mass is 10.1. The van der Waals surface area contributed by atoms with Gasteiger partial charge < -0.3 is 10.3 Å². The van der Waals surface area contributed by atoms with Crippen molar-refractivity contribution in [3.8, 4) is 0 Å². The number of H-pyrrole nitrogens is 1. The first-order valence-corrected chi connectivity index (χ1v) is 8.96. The Kier molecular flexibility index (Phi) is 4.52. The fraction of sp³-hybridized carbons (Fsp3) is 0.118. The molecular weight excluding hydrogens is 324 g/mol. The Hall–Kier alpha value is -2.80. The minimum Gasteiger partial charge on any atom is -0.377 e. The third-order valence-corrected chi connectivity index (χ3v) is 4.90. The molecule has 0 aliphatic rings. The van der Waals surface area contributed by atoms with Crippen LogP contribution in [-0.4, -0.2) is 18.4 Å². The topological polar surface area (TPSA) is 86.9 Å². The number of rotatable bonds is 6. The summed E-state index contributed by atoms with van der Waals surface area (Å²) in [5.41, 5.74) is 2.30. The lowest BCUT2D eigenvalue weighted by molar-refractivity contribution is 0.598. The number of nitrogens with one attached hydrogen (secondary N) is 3. The number of benzene rings is 2. The second-order valence-corrected chi connectivity index (χ2v) is 6.99. The molecule has 0 aliphatic carbocycles. The lowest BCUT2D eigenvalue weighted by Crippen LogP contribution is -2.15. The van der Waals surface area contributed by atoms with Gasteiger partial charge in [-0.05, 0) is 24.6 Å². The summed E-state index contributed by atoms with van der Waals surface area (Å²) in [4.78, 5) is 6.35. The Bertz CT molecular complexity index is 893. The van der Waals surface area contributed by atoms with Crippen molar-refractivity contribution in [1.82, 2.24) is 9.97 Å². The summed E-state index contributed by atoms with van der Waals surface area (Å²) in [6, 6.07) is 17.2. The summed E-state index contributed by atoms with van der Waals surface area (Å²) in [5.74, 6) is 0. The highest BCUT2D eigenvalue weighted by Crippen LogP contribution is 2.27. The van der Waals surface area contributed by atoms with Crippen LogP contribution in [0.4, 0.5) is 11.4 Å². The highest BCUT2D eigenvalue weighted by molar-refractivity contribution is 7.92. The highest BCUT2D eigenvalue weighted by Gasteiger charge is 2.17. The summed E-state index contributed by atoms with van der Waals surface area (Å²) < 4.78 is 27.3. The van der Waals surface area contributed by atoms with Crippen LogP contribution in [0, 0.1) is 0 Å². The predicted molar refractivity (Wildman–Crippen MR) is 94.3 cm³/mol. The Morgan fingerprint density at radius 1 is 1.00 bits per heavy atom. The molecule has 1 unspecified atom stereocenters. The summed E-state index contributed by atoms with van der Waals surface area (Å²) in [6.07, 6.45) is 2.60. The van der Waals surface area contributed by atoms with Gasteiger partial charge in [-0.3, -0.25) is 4.72 Å². The molecule has 0 saturated carbocycles. The first kappa shape index (κ1) is 16.1. The minimum atomic E-state index is -3.70. The minimum absolute atomic E-state index is 0.0217. The van der Waals surface area contributed by atoms with Gasteiger partial charge in [-0.25, -0.2) is 4.98 Å². The smallest absolute Gasteiger partial charge is 0.279 e. The van der Waals surface area contributed by atoms with Gasteiger partial charge in [0.05, 0.1) is 23.9 Å². The van der Waals surface area contributed by atoms with E-state index in [1.54, 1.807) is 12.1 Å². The molecular formula is C17H18N4O2S. The third-order valence-electron chi connectivity index (χ3n) is 3.61. The normalized spacial score (nSPS) is 12.5. The van der Waals surface area contributed by atoms with Gasteiger partial charge in [-0.2, -0.15) is 8.42 Å². The largest absolute Gasteiger partial charge is 0.377 e. The molecule has 1 aromatic heterocycles. The van der Waals surface area contributed by atoms with Crippen LogP contribution in [0.3, 0.4) is 0 Å². The van der Waals surface area contributed by atoms with Crippen LogP contribution in [0.15, 0.2) is 72.1 Å². The van der Waals surface area contributed by atoms with Crippen molar-refractivity contribution in [2.45, 2.75) is 18.0 Å². The second-order valence-electron chi connectivity index (χ2n) is 5.34. The molecule has 0 aliphatic heterocycles. The molecule has 1 atom stereocenters. The molecule has 3 N–H and O–H groups in total. The van der Waals surface area contributed by atoms with Gasteiger partial charge in [0.15, 0.2) is 5.03 Å². The molecule has 3 rings (SSSR count). The van der Waals surface area contributed by atoms with Crippen molar-refractivity contribution in [1.29, 1.82) is 0 Å². The molecule has 0 fully saturated rings. The molecule has 2 aromatic carbocycles. The van der Waals surface area contributed by atoms with E-state index in [0.29, 0.717) is 11.4 Å². The first-order chi connectivity index (χ1) is 11.6. The van der Waals surface area contributed by atoms with E-state index in [2.05, 4.69) is 20.0 Å². The van der Waals surface area contributed by atoms with Gasteiger partial charge >= 0.3 is 0 Å². The summed E-state index contributed by atoms with van der Waals surface area (Å²) in [7, 11) is -3.70. The van der Waals surface area contributed by atoms with Crippen LogP contribution in [0.25, 0.3) is 0 Å². The van der Waals surface area contributed by atoms with Gasteiger partial charge in [0.1, 0.15) is 0 Å². The predicted octanol–water partition coefficient (Wildman–Crippen LogP) is 3.38. The average Bonchev–Trinajstić information content (AvgIpc) is 3.13. The highest BCUT2D eigenvalue weighted by atomic mass is 32.2. The number of para-hydroxylation sites is 2. The number of imidazole rings is 1. The van der Waals surface area contributed by atoms with Gasteiger partial charge in [-0.15, -0.1) is 0 Å². The van der Waals surface area contributed by atoms with E-state index in [-0.39, 0.29) is 11.1 Å². The molecule has 1 heterocycles. The van der Waals surface area contributed by atoms with E-state index in [1.165, 1.54) is 12.5 Å². The fourth-order valence-electron chi connectivity index (χ4n) is 2.35. The fourth-order valence-corrected chi connectivity index (χ4v) is 3.33. The number of aromatic amines is 1. The third kappa shape index (κ3) is 3.57. The number of sulfonamides is 1. The Balaban J connectivity index is 1.84. The van der Waals surface area contributed by atoms with Crippen LogP contribution >= 0.6 is 0 Å². The van der Waals surface area contributed by atoms with Crippen molar-refractivity contribution >= 4 is 21.4 Å². The molecule has 6 nitrogen and oxygen atoms in total. The van der Waals surface area contributed by atoms with Crippen molar-refractivity contribution in [3.63, 3.8) is 0 Å². The SMILES string of the molecule is CC(Nc1ccccc1NS(=O)(=O)c1cnc[nH]1)c1ccccc1. The van der Waals surface area contributed by atoms with E-state index in [4.69, 9.17) is 0 Å². The molecule has 3 aromatic rings. The number of nitrogens with zero attached hydrogens (tertiary/aromatic N) is 1. The Labute approximate surface area is 141 Å². The number of anilines is 2. The molecule has 0 spiro atoms. The van der Waals surface area contributed by atoms with Crippen LogP contribution in [0.1, 0.15) is 18.5 Å². The number of aromatic nitrogens is 2. The number of hydrogen-bond donors (Lipinski definition) is 3. The first-order valence-electron chi connectivity index (χ1n) is 7.48. The zero-order chi connectivity index (χ0) is 17.0. The quantitative estimate of drug-likeness (QED) is 0.641. The summed E-state index contributed by atoms with van der Waals surface area (Å²) in [5, 5.41) is 3.36. The van der Waals surface area contributed by atoms with E-state index in [1.807, 2.05) is 49.4 Å². The lowest BCUT2D eigenvalue weighted by Gasteiger charge is -2.19. The van der Waals surface area contributed by atoms with Gasteiger partial charge in [0.2, 0.25) is 0 Å². The summed E-state index contributed by atoms with van der Waals surface area (Å²) in [6.45, 7) is 2.02. The molecule has 24 heavy (non-hydrogen) atoms. The zero-order valence-corrected chi connectivity index (χ0v) is 13.9. The van der Waals surface area contributed by atoms with Crippen molar-refractivity contribution in [3.05, 3.63) is 72.7 Å². The maximum atomic E-state index is 12.4. The molecule has 0 amide bonds. The average molecular weight is 342 g/mol. The Morgan fingerprint density at radius 3 is 2.33 bits per heavy atom.